The van der Waals surface area contributed by atoms with Gasteiger partial charge in [-0.15, -0.1) is 0 Å². The Morgan fingerprint density at radius 3 is 2.26 bits per heavy atom. The molecule has 1 saturated heterocycles. The lowest BCUT2D eigenvalue weighted by molar-refractivity contribution is -0.151. The zero-order valence-electron chi connectivity index (χ0n) is 22.2. The standard InChI is InChI=1S/C29H33F2N5O3/c1-18(2)29(39)36-19(3)15-35(25(17-37)26-22(30)6-4-7-23(26)31)16-24(36)28(38)34-14-20-8-10-21(11-9-20)27-32-12-5-13-33-27/h4-13,18-19,24-25,37H,14-17H2,1-3H3,(H,34,38)/t19-,24-,25-/m1/s1. The van der Waals surface area contributed by atoms with E-state index in [-0.39, 0.29) is 42.9 Å². The molecule has 3 atom stereocenters. The lowest BCUT2D eigenvalue weighted by atomic mass is 9.97. The molecule has 2 heterocycles. The smallest absolute Gasteiger partial charge is 0.244 e. The first-order chi connectivity index (χ1) is 18.7. The van der Waals surface area contributed by atoms with Crippen LogP contribution in [0.25, 0.3) is 11.4 Å². The average Bonchev–Trinajstić information content (AvgIpc) is 2.93. The molecule has 39 heavy (non-hydrogen) atoms. The Morgan fingerprint density at radius 2 is 1.67 bits per heavy atom. The molecule has 4 rings (SSSR count). The van der Waals surface area contributed by atoms with Crippen LogP contribution in [0.1, 0.15) is 37.9 Å². The summed E-state index contributed by atoms with van der Waals surface area (Å²) in [6.07, 6.45) is 3.33. The van der Waals surface area contributed by atoms with Gasteiger partial charge in [-0.2, -0.15) is 0 Å². The number of benzene rings is 2. The number of halogens is 2. The summed E-state index contributed by atoms with van der Waals surface area (Å²) in [5, 5.41) is 13.1. The lowest BCUT2D eigenvalue weighted by Crippen LogP contribution is -2.65. The first-order valence-electron chi connectivity index (χ1n) is 13.0. The maximum absolute atomic E-state index is 14.6. The fraction of sp³-hybridized carbons (Fsp3) is 0.379. The van der Waals surface area contributed by atoms with Gasteiger partial charge < -0.3 is 15.3 Å². The highest BCUT2D eigenvalue weighted by atomic mass is 19.1. The van der Waals surface area contributed by atoms with Crippen LogP contribution in [0.2, 0.25) is 0 Å². The molecule has 1 fully saturated rings. The number of aliphatic hydroxyl groups is 1. The largest absolute Gasteiger partial charge is 0.394 e. The minimum absolute atomic E-state index is 0.0118. The first-order valence-corrected chi connectivity index (χ1v) is 13.0. The van der Waals surface area contributed by atoms with Gasteiger partial charge in [0.2, 0.25) is 11.8 Å². The van der Waals surface area contributed by atoms with E-state index >= 15 is 0 Å². The molecule has 2 aromatic carbocycles. The molecule has 0 radical (unpaired) electrons. The summed E-state index contributed by atoms with van der Waals surface area (Å²) in [5.74, 6) is -1.87. The van der Waals surface area contributed by atoms with Crippen LogP contribution in [0, 0.1) is 17.6 Å². The second-order valence-corrected chi connectivity index (χ2v) is 10.0. The number of aromatic nitrogens is 2. The van der Waals surface area contributed by atoms with Gasteiger partial charge in [-0.3, -0.25) is 14.5 Å². The summed E-state index contributed by atoms with van der Waals surface area (Å²) in [6, 6.07) is 10.4. The predicted octanol–water partition coefficient (Wildman–Crippen LogP) is 3.33. The van der Waals surface area contributed by atoms with Crippen LogP contribution in [0.4, 0.5) is 8.78 Å². The topological polar surface area (TPSA) is 98.7 Å². The maximum atomic E-state index is 14.6. The number of aliphatic hydroxyl groups excluding tert-OH is 1. The lowest BCUT2D eigenvalue weighted by Gasteiger charge is -2.47. The van der Waals surface area contributed by atoms with Gasteiger partial charge in [0.15, 0.2) is 5.82 Å². The maximum Gasteiger partial charge on any atom is 0.244 e. The third-order valence-corrected chi connectivity index (χ3v) is 6.96. The molecule has 8 nitrogen and oxygen atoms in total. The van der Waals surface area contributed by atoms with Gasteiger partial charge in [-0.1, -0.05) is 44.2 Å². The van der Waals surface area contributed by atoms with Gasteiger partial charge in [0.05, 0.1) is 12.6 Å². The minimum atomic E-state index is -1.01. The molecule has 0 spiro atoms. The van der Waals surface area contributed by atoms with Crippen LogP contribution in [-0.2, 0) is 16.1 Å². The normalized spacial score (nSPS) is 18.7. The van der Waals surface area contributed by atoms with Crippen LogP contribution in [0.3, 0.4) is 0 Å². The van der Waals surface area contributed by atoms with E-state index in [9.17, 15) is 23.5 Å². The number of nitrogens with one attached hydrogen (secondary N) is 1. The van der Waals surface area contributed by atoms with Crippen LogP contribution >= 0.6 is 0 Å². The number of hydrogen-bond donors (Lipinski definition) is 2. The molecule has 2 amide bonds. The van der Waals surface area contributed by atoms with Gasteiger partial charge in [0.25, 0.3) is 0 Å². The third kappa shape index (κ3) is 6.29. The number of piperazine rings is 1. The molecule has 10 heteroatoms. The number of amides is 2. The van der Waals surface area contributed by atoms with Crippen LogP contribution < -0.4 is 5.32 Å². The summed E-state index contributed by atoms with van der Waals surface area (Å²) in [6.45, 7) is 5.24. The zero-order chi connectivity index (χ0) is 28.1. The monoisotopic (exact) mass is 537 g/mol. The van der Waals surface area contributed by atoms with Crippen molar-refractivity contribution in [1.29, 1.82) is 0 Å². The van der Waals surface area contributed by atoms with Gasteiger partial charge in [-0.05, 0) is 30.7 Å². The number of hydrogen-bond acceptors (Lipinski definition) is 6. The number of carbonyl (C=O) groups excluding carboxylic acids is 2. The van der Waals surface area contributed by atoms with Crippen molar-refractivity contribution in [3.05, 3.63) is 83.7 Å². The quantitative estimate of drug-likeness (QED) is 0.458. The van der Waals surface area contributed by atoms with Gasteiger partial charge >= 0.3 is 0 Å². The second-order valence-electron chi connectivity index (χ2n) is 10.0. The highest BCUT2D eigenvalue weighted by Crippen LogP contribution is 2.30. The SMILES string of the molecule is CC(C)C(=O)N1[C@H](C)CN([C@H](CO)c2c(F)cccc2F)C[C@@H]1C(=O)NCc1ccc(-c2ncccn2)cc1. The first kappa shape index (κ1) is 28.3. The van der Waals surface area contributed by atoms with E-state index in [4.69, 9.17) is 0 Å². The summed E-state index contributed by atoms with van der Waals surface area (Å²) >= 11 is 0. The van der Waals surface area contributed by atoms with E-state index in [1.165, 1.54) is 6.07 Å². The van der Waals surface area contributed by atoms with Gasteiger partial charge in [0.1, 0.15) is 17.7 Å². The predicted molar refractivity (Wildman–Crippen MR) is 142 cm³/mol. The summed E-state index contributed by atoms with van der Waals surface area (Å²) in [4.78, 5) is 38.3. The average molecular weight is 538 g/mol. The zero-order valence-corrected chi connectivity index (χ0v) is 22.2. The highest BCUT2D eigenvalue weighted by Gasteiger charge is 2.42. The molecule has 0 bridgehead atoms. The van der Waals surface area contributed by atoms with Gasteiger partial charge in [0, 0.05) is 55.1 Å². The molecular formula is C29H33F2N5O3. The molecule has 206 valence electrons. The van der Waals surface area contributed by atoms with E-state index < -0.39 is 36.4 Å². The summed E-state index contributed by atoms with van der Waals surface area (Å²) in [5.41, 5.74) is 1.43. The van der Waals surface area contributed by atoms with Crippen molar-refractivity contribution in [2.45, 2.75) is 45.4 Å². The number of carbonyl (C=O) groups is 2. The molecule has 0 aliphatic carbocycles. The van der Waals surface area contributed by atoms with Crippen molar-refractivity contribution in [3.8, 4) is 11.4 Å². The highest BCUT2D eigenvalue weighted by molar-refractivity contribution is 5.89. The molecule has 0 unspecified atom stereocenters. The van der Waals surface area contributed by atoms with Gasteiger partial charge in [-0.25, -0.2) is 18.7 Å². The Morgan fingerprint density at radius 1 is 1.03 bits per heavy atom. The molecule has 3 aromatic rings. The number of nitrogens with zero attached hydrogens (tertiary/aromatic N) is 4. The molecule has 1 aliphatic heterocycles. The Bertz CT molecular complexity index is 1270. The van der Waals surface area contributed by atoms with Crippen LogP contribution in [0.5, 0.6) is 0 Å². The summed E-state index contributed by atoms with van der Waals surface area (Å²) < 4.78 is 29.2. The molecule has 0 saturated carbocycles. The Balaban J connectivity index is 1.54. The third-order valence-electron chi connectivity index (χ3n) is 6.96. The fourth-order valence-corrected chi connectivity index (χ4v) is 5.00. The second kappa shape index (κ2) is 12.4. The van der Waals surface area contributed by atoms with Crippen LogP contribution in [0.15, 0.2) is 60.9 Å². The molecule has 2 N–H and O–H groups in total. The fourth-order valence-electron chi connectivity index (χ4n) is 5.00. The van der Waals surface area contributed by atoms with E-state index in [2.05, 4.69) is 15.3 Å². The van der Waals surface area contributed by atoms with Crippen molar-refractivity contribution < 1.29 is 23.5 Å². The van der Waals surface area contributed by atoms with Crippen molar-refractivity contribution >= 4 is 11.8 Å². The minimum Gasteiger partial charge on any atom is -0.394 e. The van der Waals surface area contributed by atoms with Crippen LogP contribution in [-0.4, -0.2) is 68.5 Å². The van der Waals surface area contributed by atoms with E-state index in [0.29, 0.717) is 5.82 Å². The van der Waals surface area contributed by atoms with Crippen molar-refractivity contribution in [2.24, 2.45) is 5.92 Å². The molecular weight excluding hydrogens is 504 g/mol. The van der Waals surface area contributed by atoms with Crippen molar-refractivity contribution in [1.82, 2.24) is 25.1 Å². The van der Waals surface area contributed by atoms with E-state index in [1.54, 1.807) is 49.0 Å². The Hall–Kier alpha value is -3.76. The van der Waals surface area contributed by atoms with E-state index in [0.717, 1.165) is 23.3 Å². The molecule has 1 aromatic heterocycles. The Kier molecular flexibility index (Phi) is 8.98. The number of rotatable bonds is 8. The van der Waals surface area contributed by atoms with Crippen molar-refractivity contribution in [2.75, 3.05) is 19.7 Å². The van der Waals surface area contributed by atoms with Crippen molar-refractivity contribution in [3.63, 3.8) is 0 Å². The van der Waals surface area contributed by atoms with E-state index in [1.807, 2.05) is 24.3 Å². The Labute approximate surface area is 226 Å². The summed E-state index contributed by atoms with van der Waals surface area (Å²) in [7, 11) is 0. The molecule has 1 aliphatic rings.